The molecule has 1 fully saturated rings. The molecule has 1 aliphatic carbocycles. The molecular weight excluding hydrogens is 224 g/mol. The van der Waals surface area contributed by atoms with E-state index in [0.717, 1.165) is 6.42 Å². The van der Waals surface area contributed by atoms with Gasteiger partial charge < -0.3 is 0 Å². The Bertz CT molecular complexity index is 430. The summed E-state index contributed by atoms with van der Waals surface area (Å²) in [5.74, 6) is 0.0210. The second-order valence-electron chi connectivity index (χ2n) is 4.97. The molecule has 1 aromatic rings. The van der Waals surface area contributed by atoms with E-state index >= 15 is 0 Å². The van der Waals surface area contributed by atoms with Crippen molar-refractivity contribution >= 4 is 5.78 Å². The summed E-state index contributed by atoms with van der Waals surface area (Å²) in [5.41, 5.74) is 0.580. The summed E-state index contributed by atoms with van der Waals surface area (Å²) in [7, 11) is 0. The lowest BCUT2D eigenvalue weighted by atomic mass is 9.93. The smallest absolute Gasteiger partial charge is 0.156 e. The number of nitriles is 1. The van der Waals surface area contributed by atoms with Gasteiger partial charge in [0.1, 0.15) is 5.92 Å². The lowest BCUT2D eigenvalue weighted by molar-refractivity contribution is -0.119. The van der Waals surface area contributed by atoms with Gasteiger partial charge in [-0.2, -0.15) is 5.26 Å². The highest BCUT2D eigenvalue weighted by Crippen LogP contribution is 2.29. The minimum Gasteiger partial charge on any atom is -0.298 e. The van der Waals surface area contributed by atoms with Crippen LogP contribution in [0, 0.1) is 17.2 Å². The van der Waals surface area contributed by atoms with Crippen LogP contribution < -0.4 is 0 Å². The van der Waals surface area contributed by atoms with Crippen molar-refractivity contribution in [2.75, 3.05) is 0 Å². The summed E-state index contributed by atoms with van der Waals surface area (Å²) in [6.07, 6.45) is 8.15. The molecule has 1 aliphatic rings. The zero-order chi connectivity index (χ0) is 12.8. The Balaban J connectivity index is 1.92. The third-order valence-corrected chi connectivity index (χ3v) is 3.71. The van der Waals surface area contributed by atoms with E-state index in [4.69, 9.17) is 5.26 Å². The SMILES string of the molecule is N#CC(C(=O)CCC1CCCC1)c1ccccn1. The van der Waals surface area contributed by atoms with Crippen LogP contribution >= 0.6 is 0 Å². The summed E-state index contributed by atoms with van der Waals surface area (Å²) in [6, 6.07) is 7.44. The van der Waals surface area contributed by atoms with Crippen LogP contribution in [-0.4, -0.2) is 10.8 Å². The van der Waals surface area contributed by atoms with E-state index in [1.165, 1.54) is 25.7 Å². The molecule has 0 N–H and O–H groups in total. The van der Waals surface area contributed by atoms with Crippen LogP contribution in [0.2, 0.25) is 0 Å². The summed E-state index contributed by atoms with van der Waals surface area (Å²) in [6.45, 7) is 0. The Kier molecular flexibility index (Phi) is 4.46. The normalized spacial score (nSPS) is 17.3. The standard InChI is InChI=1S/C15H18N2O/c16-11-13(14-7-3-4-10-17-14)15(18)9-8-12-5-1-2-6-12/h3-4,7,10,12-13H,1-2,5-6,8-9H2. The highest BCUT2D eigenvalue weighted by atomic mass is 16.1. The average Bonchev–Trinajstić information content (AvgIpc) is 2.92. The maximum Gasteiger partial charge on any atom is 0.156 e. The van der Waals surface area contributed by atoms with Gasteiger partial charge in [-0.05, 0) is 24.5 Å². The zero-order valence-electron chi connectivity index (χ0n) is 10.5. The van der Waals surface area contributed by atoms with Crippen LogP contribution in [0.5, 0.6) is 0 Å². The van der Waals surface area contributed by atoms with Crippen LogP contribution in [0.25, 0.3) is 0 Å². The van der Waals surface area contributed by atoms with E-state index in [2.05, 4.69) is 11.1 Å². The van der Waals surface area contributed by atoms with Crippen LogP contribution in [0.1, 0.15) is 50.1 Å². The molecule has 0 bridgehead atoms. The van der Waals surface area contributed by atoms with Gasteiger partial charge in [0.25, 0.3) is 0 Å². The molecule has 1 atom stereocenters. The molecule has 18 heavy (non-hydrogen) atoms. The first-order valence-corrected chi connectivity index (χ1v) is 6.64. The monoisotopic (exact) mass is 242 g/mol. The van der Waals surface area contributed by atoms with Gasteiger partial charge >= 0.3 is 0 Å². The lowest BCUT2D eigenvalue weighted by Gasteiger charge is -2.10. The fraction of sp³-hybridized carbons (Fsp3) is 0.533. The largest absolute Gasteiger partial charge is 0.298 e. The number of aromatic nitrogens is 1. The van der Waals surface area contributed by atoms with E-state index in [-0.39, 0.29) is 5.78 Å². The van der Waals surface area contributed by atoms with Crippen molar-refractivity contribution in [3.63, 3.8) is 0 Å². The molecule has 0 spiro atoms. The van der Waals surface area contributed by atoms with Crippen molar-refractivity contribution in [2.24, 2.45) is 5.92 Å². The quantitative estimate of drug-likeness (QED) is 0.796. The third-order valence-electron chi connectivity index (χ3n) is 3.71. The Morgan fingerprint density at radius 2 is 2.22 bits per heavy atom. The predicted molar refractivity (Wildman–Crippen MR) is 68.8 cm³/mol. The minimum absolute atomic E-state index is 0.0168. The zero-order valence-corrected chi connectivity index (χ0v) is 10.5. The topological polar surface area (TPSA) is 53.8 Å². The summed E-state index contributed by atoms with van der Waals surface area (Å²) >= 11 is 0. The maximum absolute atomic E-state index is 12.1. The number of Topliss-reactive ketones (excluding diaryl/α,β-unsaturated/α-hetero) is 1. The number of nitrogens with zero attached hydrogens (tertiary/aromatic N) is 2. The molecule has 3 heteroatoms. The van der Waals surface area contributed by atoms with Crippen molar-refractivity contribution in [2.45, 2.75) is 44.4 Å². The van der Waals surface area contributed by atoms with Gasteiger partial charge in [-0.15, -0.1) is 0 Å². The van der Waals surface area contributed by atoms with Crippen LogP contribution in [-0.2, 0) is 4.79 Å². The van der Waals surface area contributed by atoms with Gasteiger partial charge in [-0.1, -0.05) is 31.7 Å². The second kappa shape index (κ2) is 6.30. The van der Waals surface area contributed by atoms with Crippen LogP contribution in [0.4, 0.5) is 0 Å². The number of hydrogen-bond donors (Lipinski definition) is 0. The van der Waals surface area contributed by atoms with Gasteiger partial charge in [-0.3, -0.25) is 9.78 Å². The lowest BCUT2D eigenvalue weighted by Crippen LogP contribution is -2.13. The van der Waals surface area contributed by atoms with E-state index < -0.39 is 5.92 Å². The highest BCUT2D eigenvalue weighted by molar-refractivity contribution is 5.87. The molecule has 0 radical (unpaired) electrons. The number of pyridine rings is 1. The Hall–Kier alpha value is -1.69. The molecule has 3 nitrogen and oxygen atoms in total. The molecule has 2 rings (SSSR count). The number of rotatable bonds is 5. The number of ketones is 1. The van der Waals surface area contributed by atoms with Crippen LogP contribution in [0.3, 0.4) is 0 Å². The first-order chi connectivity index (χ1) is 8.81. The molecule has 0 saturated heterocycles. The van der Waals surface area contributed by atoms with Gasteiger partial charge in [0.2, 0.25) is 0 Å². The van der Waals surface area contributed by atoms with Gasteiger partial charge in [-0.25, -0.2) is 0 Å². The van der Waals surface area contributed by atoms with Crippen molar-refractivity contribution in [3.8, 4) is 6.07 Å². The molecular formula is C15H18N2O. The Morgan fingerprint density at radius 1 is 1.44 bits per heavy atom. The van der Waals surface area contributed by atoms with Crippen molar-refractivity contribution in [3.05, 3.63) is 30.1 Å². The Morgan fingerprint density at radius 3 is 2.83 bits per heavy atom. The van der Waals surface area contributed by atoms with Crippen molar-refractivity contribution in [1.82, 2.24) is 4.98 Å². The van der Waals surface area contributed by atoms with Gasteiger partial charge in [0, 0.05) is 12.6 Å². The maximum atomic E-state index is 12.1. The molecule has 1 saturated carbocycles. The molecule has 1 aromatic heterocycles. The molecule has 1 unspecified atom stereocenters. The first kappa shape index (κ1) is 12.8. The molecule has 0 aromatic carbocycles. The number of carbonyl (C=O) groups is 1. The number of carbonyl (C=O) groups excluding carboxylic acids is 1. The van der Waals surface area contributed by atoms with E-state index in [1.54, 1.807) is 18.3 Å². The molecule has 94 valence electrons. The highest BCUT2D eigenvalue weighted by Gasteiger charge is 2.23. The van der Waals surface area contributed by atoms with E-state index in [0.29, 0.717) is 18.0 Å². The Labute approximate surface area is 108 Å². The summed E-state index contributed by atoms with van der Waals surface area (Å²) < 4.78 is 0. The number of hydrogen-bond acceptors (Lipinski definition) is 3. The van der Waals surface area contributed by atoms with E-state index in [9.17, 15) is 4.79 Å². The molecule has 1 heterocycles. The first-order valence-electron chi connectivity index (χ1n) is 6.64. The fourth-order valence-electron chi connectivity index (χ4n) is 2.64. The van der Waals surface area contributed by atoms with E-state index in [1.807, 2.05) is 6.07 Å². The molecule has 0 aliphatic heterocycles. The molecule has 0 amide bonds. The predicted octanol–water partition coefficient (Wildman–Crippen LogP) is 3.23. The summed E-state index contributed by atoms with van der Waals surface area (Å²) in [4.78, 5) is 16.2. The van der Waals surface area contributed by atoms with Crippen molar-refractivity contribution < 1.29 is 4.79 Å². The summed E-state index contributed by atoms with van der Waals surface area (Å²) in [5, 5.41) is 9.13. The van der Waals surface area contributed by atoms with Gasteiger partial charge in [0.05, 0.1) is 11.8 Å². The minimum atomic E-state index is -0.687. The van der Waals surface area contributed by atoms with Crippen molar-refractivity contribution in [1.29, 1.82) is 5.26 Å². The average molecular weight is 242 g/mol. The fourth-order valence-corrected chi connectivity index (χ4v) is 2.64. The second-order valence-corrected chi connectivity index (χ2v) is 4.97. The van der Waals surface area contributed by atoms with Gasteiger partial charge in [0.15, 0.2) is 5.78 Å². The van der Waals surface area contributed by atoms with Crippen LogP contribution in [0.15, 0.2) is 24.4 Å². The third kappa shape index (κ3) is 3.16.